The average Bonchev–Trinajstić information content (AvgIpc) is 1.81. The van der Waals surface area contributed by atoms with Gasteiger partial charge < -0.3 is 58.4 Å². The first-order valence-corrected chi connectivity index (χ1v) is 11.4. The quantitative estimate of drug-likeness (QED) is 0.124. The Hall–Kier alpha value is 2.15. The van der Waals surface area contributed by atoms with Gasteiger partial charge in [0.1, 0.15) is 0 Å². The van der Waals surface area contributed by atoms with Crippen molar-refractivity contribution in [3.8, 4) is 0 Å². The maximum absolute atomic E-state index is 9.63. The zero-order valence-corrected chi connectivity index (χ0v) is 18.8. The second-order valence-electron chi connectivity index (χ2n) is 2.57. The van der Waals surface area contributed by atoms with Crippen LogP contribution in [0.25, 0.3) is 0 Å². The van der Waals surface area contributed by atoms with Crippen LogP contribution in [-0.4, -0.2) is 39.1 Å². The second kappa shape index (κ2) is 14.2. The van der Waals surface area contributed by atoms with E-state index in [1.807, 2.05) is 0 Å². The molecule has 0 aromatic heterocycles. The fourth-order valence-electron chi connectivity index (χ4n) is 0.265. The van der Waals surface area contributed by atoms with Crippen LogP contribution in [0.15, 0.2) is 0 Å². The smallest absolute Gasteiger partial charge is 0.790 e. The van der Waals surface area contributed by atoms with Crippen LogP contribution in [-0.2, 0) is 48.5 Å². The molecule has 0 aliphatic rings. The van der Waals surface area contributed by atoms with Crippen LogP contribution in [0.3, 0.4) is 0 Å². The molecule has 0 amide bonds. The van der Waals surface area contributed by atoms with Gasteiger partial charge in [0.15, 0.2) is 0 Å². The van der Waals surface area contributed by atoms with E-state index in [1.165, 1.54) is 0 Å². The first kappa shape index (κ1) is 37.8. The summed E-state index contributed by atoms with van der Waals surface area (Å²) in [5.74, 6) is 0. The van der Waals surface area contributed by atoms with Gasteiger partial charge in [0.2, 0.25) is 0 Å². The second-order valence-corrected chi connectivity index (χ2v) is 8.70. The molecule has 0 bridgehead atoms. The van der Waals surface area contributed by atoms with E-state index < -0.39 is 39.1 Å². The van der Waals surface area contributed by atoms with Gasteiger partial charge in [0.25, 0.3) is 7.82 Å². The van der Waals surface area contributed by atoms with Crippen LogP contribution in [0.1, 0.15) is 0 Å². The summed E-state index contributed by atoms with van der Waals surface area (Å²) in [7, 11) is -25.8. The van der Waals surface area contributed by atoms with Crippen molar-refractivity contribution in [2.24, 2.45) is 0 Å². The normalized spacial score (nSPS) is 14.2. The molecule has 0 fully saturated rings. The monoisotopic (exact) mass is 530 g/mol. The Labute approximate surface area is 170 Å². The minimum absolute atomic E-state index is 0. The Bertz CT molecular complexity index is 472. The standard InChI is InChI=1S/Fe.Na.2H4O7P2.H3O4P/c;;2*1-8(2,3)7-9(4,5)6;1-5(2,3)4/h;;2*(H2,1,2,3)(H2,4,5,6);(H3,1,2,3,4)/q+2;+1;;;/p-3. The molecule has 0 saturated carbocycles. The van der Waals surface area contributed by atoms with Gasteiger partial charge in [0.05, 0.1) is 7.82 Å². The minimum Gasteiger partial charge on any atom is -0.790 e. The number of hydrogen-bond donors (Lipinski definition) is 8. The number of phosphoric acid groups is 5. The van der Waals surface area contributed by atoms with Gasteiger partial charge in [-0.25, -0.2) is 13.7 Å². The molecule has 0 spiro atoms. The maximum atomic E-state index is 9.63. The number of rotatable bonds is 4. The zero-order valence-electron chi connectivity index (χ0n) is 11.2. The van der Waals surface area contributed by atoms with Crippen LogP contribution in [0.5, 0.6) is 0 Å². The summed E-state index contributed by atoms with van der Waals surface area (Å²) in [5, 5.41) is 0. The third kappa shape index (κ3) is 76.2. The van der Waals surface area contributed by atoms with Gasteiger partial charge in [0, 0.05) is 0 Å². The van der Waals surface area contributed by atoms with Crippen molar-refractivity contribution in [2.45, 2.75) is 0 Å². The van der Waals surface area contributed by atoms with Gasteiger partial charge in [-0.3, -0.25) is 8.88 Å². The third-order valence-electron chi connectivity index (χ3n) is 0.416. The van der Waals surface area contributed by atoms with Crippen LogP contribution in [0.2, 0.25) is 0 Å². The van der Waals surface area contributed by atoms with Crippen LogP contribution < -0.4 is 44.2 Å². The fraction of sp³-hybridized carbons (Fsp3) is 0. The van der Waals surface area contributed by atoms with Gasteiger partial charge in [-0.2, -0.15) is 4.31 Å². The fourth-order valence-corrected chi connectivity index (χ4v) is 2.38. The van der Waals surface area contributed by atoms with Crippen LogP contribution in [0, 0.1) is 0 Å². The molecule has 150 valence electrons. The van der Waals surface area contributed by atoms with E-state index in [-0.39, 0.29) is 46.6 Å². The zero-order chi connectivity index (χ0) is 19.9. The van der Waals surface area contributed by atoms with Crippen molar-refractivity contribution in [1.29, 1.82) is 0 Å². The molecule has 0 aromatic carbocycles. The molecule has 8 N–H and O–H groups in total. The van der Waals surface area contributed by atoms with E-state index in [0.29, 0.717) is 0 Å². The van der Waals surface area contributed by atoms with E-state index in [4.69, 9.17) is 43.7 Å². The SMILES string of the molecule is O=P(O)(O)O.O=P(O)(O)OP(=O)(O)O.O=P([O-])([O-])OP(=O)([O-])O.[Fe+2].[Na+]. The molecule has 0 heterocycles. The van der Waals surface area contributed by atoms with Crippen molar-refractivity contribution >= 4 is 39.1 Å². The molecular formula is H8FeNaO18P5. The molecule has 0 radical (unpaired) electrons. The largest absolute Gasteiger partial charge is 2.00 e. The first-order valence-electron chi connectivity index (χ1n) is 3.79. The van der Waals surface area contributed by atoms with Crippen molar-refractivity contribution in [3.63, 3.8) is 0 Å². The molecule has 25 heteroatoms. The predicted octanol–water partition coefficient (Wildman–Crippen LogP) is -7.45. The minimum atomic E-state index is -5.61. The molecule has 25 heavy (non-hydrogen) atoms. The van der Waals surface area contributed by atoms with Gasteiger partial charge >= 0.3 is 70.1 Å². The maximum Gasteiger partial charge on any atom is 2.00 e. The van der Waals surface area contributed by atoms with Crippen LogP contribution >= 0.6 is 39.1 Å². The number of hydrogen-bond acceptors (Lipinski definition) is 10. The Kier molecular flexibility index (Phi) is 21.5. The van der Waals surface area contributed by atoms with Crippen molar-refractivity contribution in [1.82, 2.24) is 0 Å². The summed E-state index contributed by atoms with van der Waals surface area (Å²) in [5.41, 5.74) is 0. The summed E-state index contributed by atoms with van der Waals surface area (Å²) in [6, 6.07) is 0. The summed E-state index contributed by atoms with van der Waals surface area (Å²) >= 11 is 0. The summed E-state index contributed by atoms with van der Waals surface area (Å²) < 4.78 is 52.5. The molecule has 18 nitrogen and oxygen atoms in total. The van der Waals surface area contributed by atoms with Gasteiger partial charge in [-0.05, 0) is 0 Å². The predicted molar refractivity (Wildman–Crippen MR) is 58.0 cm³/mol. The van der Waals surface area contributed by atoms with E-state index in [2.05, 4.69) is 8.62 Å². The van der Waals surface area contributed by atoms with Crippen molar-refractivity contribution in [2.75, 3.05) is 0 Å². The van der Waals surface area contributed by atoms with Crippen molar-refractivity contribution < 1.29 is 132 Å². The molecule has 0 aliphatic heterocycles. The van der Waals surface area contributed by atoms with E-state index in [0.717, 1.165) is 0 Å². The molecular weight excluding hydrogens is 522 g/mol. The van der Waals surface area contributed by atoms with E-state index in [1.54, 1.807) is 0 Å². The van der Waals surface area contributed by atoms with E-state index >= 15 is 0 Å². The van der Waals surface area contributed by atoms with Gasteiger partial charge in [-0.15, -0.1) is 0 Å². The summed E-state index contributed by atoms with van der Waals surface area (Å²) in [6.07, 6.45) is 0. The average molecular weight is 530 g/mol. The van der Waals surface area contributed by atoms with Crippen LogP contribution in [0.4, 0.5) is 0 Å². The Morgan fingerprint density at radius 2 is 0.800 bits per heavy atom. The molecule has 1 unspecified atom stereocenters. The molecule has 0 aliphatic carbocycles. The molecule has 0 saturated heterocycles. The van der Waals surface area contributed by atoms with Gasteiger partial charge in [-0.1, -0.05) is 0 Å². The Balaban J connectivity index is -0.0000000800. The summed E-state index contributed by atoms with van der Waals surface area (Å²) in [6.45, 7) is 0. The molecule has 1 atom stereocenters. The van der Waals surface area contributed by atoms with E-state index in [9.17, 15) is 32.9 Å². The molecule has 0 rings (SSSR count). The topological polar surface area (TPSA) is 335 Å². The Morgan fingerprint density at radius 3 is 0.800 bits per heavy atom. The first-order chi connectivity index (χ1) is 9.41. The Morgan fingerprint density at radius 1 is 0.600 bits per heavy atom. The molecule has 0 aromatic rings. The van der Waals surface area contributed by atoms with Crippen molar-refractivity contribution in [3.05, 3.63) is 0 Å². The summed E-state index contributed by atoms with van der Waals surface area (Å²) in [4.78, 5) is 88.3. The third-order valence-corrected chi connectivity index (χ3v) is 3.74.